The van der Waals surface area contributed by atoms with Gasteiger partial charge >= 0.3 is 39.5 Å². The van der Waals surface area contributed by atoms with E-state index in [4.69, 9.17) is 37.0 Å². The molecule has 534 valence electrons. The summed E-state index contributed by atoms with van der Waals surface area (Å²) in [7, 11) is -9.89. The number of ether oxygens (including phenoxy) is 4. The van der Waals surface area contributed by atoms with E-state index in [1.165, 1.54) is 180 Å². The van der Waals surface area contributed by atoms with Crippen molar-refractivity contribution in [2.24, 2.45) is 11.8 Å². The molecule has 0 aromatic carbocycles. The standard InChI is InChI=1S/C71H138O17P2/c1-7-9-11-13-15-17-26-31-35-42-48-54-69(74)82-59-66(87-70(75)55-49-43-36-32-28-25-23-21-19-18-20-22-24-27-30-33-39-45-51-63(3)4)61-85-89(77,78)83-57-65(72)58-84-90(79,80)86-62-67(88-71(76)56-50-44-38-37-40-46-52-64(5)6)60-81-68(73)53-47-41-34-29-16-14-12-10-8-2/h63-67,72H,7-62H2,1-6H3,(H,77,78)(H,79,80)/t65-,66-,67-/m1/s1. The number of unbranched alkanes of at least 4 members (excludes halogenated alkanes) is 40. The fraction of sp³-hybridized carbons (Fsp3) is 0.944. The van der Waals surface area contributed by atoms with Gasteiger partial charge in [0.05, 0.1) is 26.4 Å². The van der Waals surface area contributed by atoms with Crippen molar-refractivity contribution in [1.29, 1.82) is 0 Å². The van der Waals surface area contributed by atoms with E-state index < -0.39 is 97.5 Å². The van der Waals surface area contributed by atoms with Crippen molar-refractivity contribution < 1.29 is 80.2 Å². The molecule has 0 aliphatic rings. The fourth-order valence-electron chi connectivity index (χ4n) is 10.8. The van der Waals surface area contributed by atoms with Gasteiger partial charge in [0.1, 0.15) is 19.3 Å². The molecule has 19 heteroatoms. The quantitative estimate of drug-likeness (QED) is 0.0222. The summed E-state index contributed by atoms with van der Waals surface area (Å²) in [5.41, 5.74) is 0. The molecule has 17 nitrogen and oxygen atoms in total. The molecule has 5 atom stereocenters. The van der Waals surface area contributed by atoms with Crippen LogP contribution in [0, 0.1) is 11.8 Å². The van der Waals surface area contributed by atoms with Crippen LogP contribution in [0.5, 0.6) is 0 Å². The Labute approximate surface area is 549 Å². The van der Waals surface area contributed by atoms with Crippen molar-refractivity contribution >= 4 is 39.5 Å². The van der Waals surface area contributed by atoms with Crippen molar-refractivity contribution in [3.8, 4) is 0 Å². The van der Waals surface area contributed by atoms with E-state index in [-0.39, 0.29) is 25.7 Å². The molecule has 0 rings (SSSR count). The third-order valence-corrected chi connectivity index (χ3v) is 18.4. The zero-order valence-corrected chi connectivity index (χ0v) is 60.2. The number of carbonyl (C=O) groups excluding carboxylic acids is 4. The van der Waals surface area contributed by atoms with Crippen LogP contribution in [0.4, 0.5) is 0 Å². The maximum atomic E-state index is 13.0. The maximum Gasteiger partial charge on any atom is 0.472 e. The first-order valence-electron chi connectivity index (χ1n) is 37.0. The number of rotatable bonds is 70. The van der Waals surface area contributed by atoms with E-state index in [9.17, 15) is 43.2 Å². The van der Waals surface area contributed by atoms with Crippen molar-refractivity contribution in [2.45, 2.75) is 381 Å². The van der Waals surface area contributed by atoms with Crippen LogP contribution in [0.3, 0.4) is 0 Å². The molecular formula is C71H138O17P2. The number of hydrogen-bond donors (Lipinski definition) is 3. The van der Waals surface area contributed by atoms with Gasteiger partial charge in [-0.2, -0.15) is 0 Å². The lowest BCUT2D eigenvalue weighted by molar-refractivity contribution is -0.161. The molecule has 0 amide bonds. The number of aliphatic hydroxyl groups is 1. The van der Waals surface area contributed by atoms with Gasteiger partial charge in [-0.25, -0.2) is 9.13 Å². The van der Waals surface area contributed by atoms with Gasteiger partial charge in [0.2, 0.25) is 0 Å². The van der Waals surface area contributed by atoms with Crippen LogP contribution in [0.1, 0.15) is 363 Å². The van der Waals surface area contributed by atoms with Crippen LogP contribution in [0.15, 0.2) is 0 Å². The summed E-state index contributed by atoms with van der Waals surface area (Å²) >= 11 is 0. The summed E-state index contributed by atoms with van der Waals surface area (Å²) in [6.07, 6.45) is 48.9. The summed E-state index contributed by atoms with van der Waals surface area (Å²) in [5.74, 6) is -0.639. The first-order chi connectivity index (χ1) is 43.4. The monoisotopic (exact) mass is 1320 g/mol. The Morgan fingerprint density at radius 3 is 0.756 bits per heavy atom. The van der Waals surface area contributed by atoms with E-state index >= 15 is 0 Å². The Morgan fingerprint density at radius 2 is 0.511 bits per heavy atom. The van der Waals surface area contributed by atoms with Crippen molar-refractivity contribution in [2.75, 3.05) is 39.6 Å². The number of carbonyl (C=O) groups is 4. The average molecular weight is 1330 g/mol. The lowest BCUT2D eigenvalue weighted by Crippen LogP contribution is -2.30. The van der Waals surface area contributed by atoms with Gasteiger partial charge in [-0.3, -0.25) is 37.3 Å². The summed E-state index contributed by atoms with van der Waals surface area (Å²) in [5, 5.41) is 10.6. The molecule has 0 heterocycles. The van der Waals surface area contributed by atoms with Gasteiger partial charge in [-0.15, -0.1) is 0 Å². The Balaban J connectivity index is 5.14. The van der Waals surface area contributed by atoms with Crippen LogP contribution < -0.4 is 0 Å². The second kappa shape index (κ2) is 63.1. The average Bonchev–Trinajstić information content (AvgIpc) is 3.66. The van der Waals surface area contributed by atoms with Crippen molar-refractivity contribution in [1.82, 2.24) is 0 Å². The van der Waals surface area contributed by atoms with E-state index in [0.717, 1.165) is 95.8 Å². The molecule has 0 saturated heterocycles. The molecular weight excluding hydrogens is 1190 g/mol. The van der Waals surface area contributed by atoms with E-state index in [1.807, 2.05) is 0 Å². The minimum absolute atomic E-state index is 0.102. The van der Waals surface area contributed by atoms with E-state index in [0.29, 0.717) is 31.6 Å². The fourth-order valence-corrected chi connectivity index (χ4v) is 12.3. The topological polar surface area (TPSA) is 237 Å². The molecule has 0 saturated carbocycles. The highest BCUT2D eigenvalue weighted by Crippen LogP contribution is 2.45. The molecule has 0 aliphatic heterocycles. The normalized spacial score (nSPS) is 14.1. The smallest absolute Gasteiger partial charge is 0.462 e. The van der Waals surface area contributed by atoms with E-state index in [1.54, 1.807) is 0 Å². The maximum absolute atomic E-state index is 13.0. The van der Waals surface area contributed by atoms with Crippen molar-refractivity contribution in [3.05, 3.63) is 0 Å². The second-order valence-electron chi connectivity index (χ2n) is 26.6. The minimum atomic E-state index is -4.95. The number of aliphatic hydroxyl groups excluding tert-OH is 1. The minimum Gasteiger partial charge on any atom is -0.462 e. The molecule has 90 heavy (non-hydrogen) atoms. The highest BCUT2D eigenvalue weighted by molar-refractivity contribution is 7.47. The van der Waals surface area contributed by atoms with Crippen LogP contribution in [-0.2, 0) is 65.4 Å². The molecule has 0 aromatic rings. The number of hydrogen-bond acceptors (Lipinski definition) is 15. The molecule has 0 aromatic heterocycles. The van der Waals surface area contributed by atoms with Gasteiger partial charge in [-0.1, -0.05) is 311 Å². The molecule has 0 radical (unpaired) electrons. The number of esters is 4. The zero-order chi connectivity index (χ0) is 66.5. The Hall–Kier alpha value is -1.94. The van der Waals surface area contributed by atoms with Crippen LogP contribution in [0.25, 0.3) is 0 Å². The van der Waals surface area contributed by atoms with Crippen LogP contribution >= 0.6 is 15.6 Å². The molecule has 0 bridgehead atoms. The lowest BCUT2D eigenvalue weighted by atomic mass is 10.0. The molecule has 0 aliphatic carbocycles. The number of phosphoric ester groups is 2. The highest BCUT2D eigenvalue weighted by Gasteiger charge is 2.30. The van der Waals surface area contributed by atoms with Crippen LogP contribution in [-0.4, -0.2) is 96.7 Å². The van der Waals surface area contributed by atoms with Crippen molar-refractivity contribution in [3.63, 3.8) is 0 Å². The summed E-state index contributed by atoms with van der Waals surface area (Å²) < 4.78 is 68.2. The van der Waals surface area contributed by atoms with Gasteiger partial charge in [0.25, 0.3) is 0 Å². The summed E-state index contributed by atoms with van der Waals surface area (Å²) in [6.45, 7) is 9.47. The second-order valence-corrected chi connectivity index (χ2v) is 29.5. The molecule has 2 unspecified atom stereocenters. The Bertz CT molecular complexity index is 1750. The summed E-state index contributed by atoms with van der Waals surface area (Å²) in [4.78, 5) is 72.4. The van der Waals surface area contributed by atoms with Gasteiger partial charge in [0, 0.05) is 25.7 Å². The Kier molecular flexibility index (Phi) is 61.8. The first-order valence-corrected chi connectivity index (χ1v) is 40.0. The molecule has 3 N–H and O–H groups in total. The third kappa shape index (κ3) is 64.8. The first kappa shape index (κ1) is 88.1. The lowest BCUT2D eigenvalue weighted by Gasteiger charge is -2.21. The predicted molar refractivity (Wildman–Crippen MR) is 363 cm³/mol. The van der Waals surface area contributed by atoms with Gasteiger partial charge < -0.3 is 33.8 Å². The third-order valence-electron chi connectivity index (χ3n) is 16.5. The SMILES string of the molecule is CCCCCCCCCCCCCC(=O)OC[C@H](COP(=O)(O)OC[C@@H](O)COP(=O)(O)OC[C@@H](COC(=O)CCCCCCCCCCC)OC(=O)CCCCCCCCC(C)C)OC(=O)CCCCCCCCCCCCCCCCCCCCC(C)C. The van der Waals surface area contributed by atoms with Crippen LogP contribution in [0.2, 0.25) is 0 Å². The Morgan fingerprint density at radius 1 is 0.300 bits per heavy atom. The zero-order valence-electron chi connectivity index (χ0n) is 58.4. The van der Waals surface area contributed by atoms with E-state index in [2.05, 4.69) is 41.5 Å². The molecule has 0 fully saturated rings. The number of phosphoric acid groups is 2. The van der Waals surface area contributed by atoms with Gasteiger partial charge in [-0.05, 0) is 37.5 Å². The molecule has 0 spiro atoms. The summed E-state index contributed by atoms with van der Waals surface area (Å²) in [6, 6.07) is 0. The van der Waals surface area contributed by atoms with Gasteiger partial charge in [0.15, 0.2) is 12.2 Å². The largest absolute Gasteiger partial charge is 0.472 e. The predicted octanol–water partition coefficient (Wildman–Crippen LogP) is 20.4. The highest BCUT2D eigenvalue weighted by atomic mass is 31.2.